The molecular weight excluding hydrogens is 322 g/mol. The minimum atomic E-state index is -0.228. The van der Waals surface area contributed by atoms with Gasteiger partial charge in [0.1, 0.15) is 11.6 Å². The van der Waals surface area contributed by atoms with Crippen LogP contribution < -0.4 is 4.74 Å². The van der Waals surface area contributed by atoms with Crippen molar-refractivity contribution in [1.29, 1.82) is 0 Å². The van der Waals surface area contributed by atoms with Crippen LogP contribution in [0.2, 0.25) is 0 Å². The Morgan fingerprint density at radius 1 is 1.33 bits per heavy atom. The number of H-pyrrole nitrogens is 1. The van der Waals surface area contributed by atoms with Crippen molar-refractivity contribution in [3.05, 3.63) is 35.7 Å². The molecule has 0 saturated heterocycles. The number of ether oxygens (including phenoxy) is 1. The molecule has 1 atom stereocenters. The van der Waals surface area contributed by atoms with Gasteiger partial charge in [-0.3, -0.25) is 9.89 Å². The Morgan fingerprint density at radius 3 is 2.71 bits per heavy atom. The van der Waals surface area contributed by atoms with E-state index in [1.54, 1.807) is 31.4 Å². The Kier molecular flexibility index (Phi) is 5.56. The van der Waals surface area contributed by atoms with Gasteiger partial charge in [0.05, 0.1) is 12.4 Å². The second-order valence-corrected chi connectivity index (χ2v) is 7.58. The van der Waals surface area contributed by atoms with Gasteiger partial charge in [-0.25, -0.2) is 4.98 Å². The second kappa shape index (κ2) is 7.83. The largest absolute Gasteiger partial charge is 0.497 e. The van der Waals surface area contributed by atoms with Gasteiger partial charge in [0.15, 0.2) is 5.78 Å². The fraction of sp³-hybridized carbons (Fsp3) is 0.500. The number of carbonyl (C=O) groups excluding carboxylic acids is 1. The molecule has 5 nitrogen and oxygen atoms in total. The predicted molar refractivity (Wildman–Crippen MR) is 94.7 cm³/mol. The third-order valence-electron chi connectivity index (χ3n) is 4.49. The summed E-state index contributed by atoms with van der Waals surface area (Å²) in [6.45, 7) is 1.89. The molecule has 1 aromatic heterocycles. The van der Waals surface area contributed by atoms with Gasteiger partial charge in [-0.05, 0) is 37.1 Å². The Labute approximate surface area is 146 Å². The van der Waals surface area contributed by atoms with E-state index in [0.29, 0.717) is 10.7 Å². The van der Waals surface area contributed by atoms with Gasteiger partial charge in [-0.2, -0.15) is 0 Å². The van der Waals surface area contributed by atoms with Crippen LogP contribution in [0.3, 0.4) is 0 Å². The fourth-order valence-corrected chi connectivity index (χ4v) is 3.93. The predicted octanol–water partition coefficient (Wildman–Crippen LogP) is 3.91. The summed E-state index contributed by atoms with van der Waals surface area (Å²) >= 11 is 1.40. The molecule has 0 spiro atoms. The summed E-state index contributed by atoms with van der Waals surface area (Å²) in [5.74, 6) is 2.49. The molecule has 0 bridgehead atoms. The summed E-state index contributed by atoms with van der Waals surface area (Å²) in [5.41, 5.74) is 0.678. The number of benzene rings is 1. The van der Waals surface area contributed by atoms with Gasteiger partial charge in [-0.15, -0.1) is 5.10 Å². The van der Waals surface area contributed by atoms with Crippen LogP contribution in [-0.4, -0.2) is 33.3 Å². The van der Waals surface area contributed by atoms with Crippen LogP contribution >= 0.6 is 11.8 Å². The number of carbonyl (C=O) groups is 1. The summed E-state index contributed by atoms with van der Waals surface area (Å²) in [5, 5.41) is 7.70. The lowest BCUT2D eigenvalue weighted by molar-refractivity contribution is 0.0994. The van der Waals surface area contributed by atoms with Crippen molar-refractivity contribution in [1.82, 2.24) is 15.2 Å². The summed E-state index contributed by atoms with van der Waals surface area (Å²) in [6.07, 6.45) is 6.20. The monoisotopic (exact) mass is 345 g/mol. The average molecular weight is 345 g/mol. The van der Waals surface area contributed by atoms with Crippen LogP contribution in [0.15, 0.2) is 29.4 Å². The molecule has 1 aromatic carbocycles. The number of aromatic amines is 1. The van der Waals surface area contributed by atoms with Gasteiger partial charge < -0.3 is 4.74 Å². The molecule has 1 fully saturated rings. The fourth-order valence-electron chi connectivity index (χ4n) is 3.11. The number of hydrogen-bond acceptors (Lipinski definition) is 5. The molecule has 24 heavy (non-hydrogen) atoms. The molecule has 0 aliphatic heterocycles. The average Bonchev–Trinajstić information content (AvgIpc) is 3.27. The van der Waals surface area contributed by atoms with E-state index < -0.39 is 0 Å². The van der Waals surface area contributed by atoms with Crippen molar-refractivity contribution >= 4 is 17.5 Å². The lowest BCUT2D eigenvalue weighted by Crippen LogP contribution is -2.13. The zero-order valence-electron chi connectivity index (χ0n) is 14.1. The van der Waals surface area contributed by atoms with E-state index in [2.05, 4.69) is 15.2 Å². The lowest BCUT2D eigenvalue weighted by Gasteiger charge is -2.08. The molecule has 1 aliphatic rings. The Balaban J connectivity index is 1.58. The smallest absolute Gasteiger partial charge is 0.209 e. The number of aromatic nitrogens is 3. The second-order valence-electron chi connectivity index (χ2n) is 6.27. The number of rotatable bonds is 7. The van der Waals surface area contributed by atoms with Gasteiger partial charge in [0.25, 0.3) is 0 Å². The summed E-state index contributed by atoms with van der Waals surface area (Å²) in [7, 11) is 1.61. The van der Waals surface area contributed by atoms with Gasteiger partial charge >= 0.3 is 0 Å². The number of hydrogen-bond donors (Lipinski definition) is 1. The molecule has 128 valence electrons. The molecule has 3 rings (SSSR count). The van der Waals surface area contributed by atoms with E-state index in [9.17, 15) is 4.79 Å². The number of nitrogens with one attached hydrogen (secondary N) is 1. The van der Waals surface area contributed by atoms with Crippen LogP contribution in [0, 0.1) is 5.92 Å². The zero-order chi connectivity index (χ0) is 16.9. The quantitative estimate of drug-likeness (QED) is 0.609. The van der Waals surface area contributed by atoms with E-state index in [-0.39, 0.29) is 11.0 Å². The van der Waals surface area contributed by atoms with Crippen molar-refractivity contribution in [3.8, 4) is 5.75 Å². The molecule has 1 heterocycles. The number of methoxy groups -OCH3 is 1. The summed E-state index contributed by atoms with van der Waals surface area (Å²) < 4.78 is 5.12. The minimum absolute atomic E-state index is 0.0739. The molecule has 0 unspecified atom stereocenters. The van der Waals surface area contributed by atoms with Gasteiger partial charge in [0.2, 0.25) is 5.16 Å². The van der Waals surface area contributed by atoms with E-state index >= 15 is 0 Å². The Morgan fingerprint density at radius 2 is 2.04 bits per heavy atom. The normalized spacial score (nSPS) is 16.2. The van der Waals surface area contributed by atoms with Crippen LogP contribution in [-0.2, 0) is 6.42 Å². The molecule has 1 N–H and O–H groups in total. The number of Topliss-reactive ketones (excluding diaryl/α,β-unsaturated/α-hetero) is 1. The van der Waals surface area contributed by atoms with Crippen molar-refractivity contribution < 1.29 is 9.53 Å². The van der Waals surface area contributed by atoms with Crippen molar-refractivity contribution in [3.63, 3.8) is 0 Å². The number of nitrogens with zero attached hydrogens (tertiary/aromatic N) is 2. The molecule has 1 aliphatic carbocycles. The molecule has 1 saturated carbocycles. The highest BCUT2D eigenvalue weighted by atomic mass is 32.2. The van der Waals surface area contributed by atoms with Crippen molar-refractivity contribution in [2.24, 2.45) is 5.92 Å². The maximum Gasteiger partial charge on any atom is 0.209 e. The third-order valence-corrected chi connectivity index (χ3v) is 5.45. The van der Waals surface area contributed by atoms with E-state index in [4.69, 9.17) is 4.74 Å². The van der Waals surface area contributed by atoms with E-state index in [1.165, 1.54) is 37.4 Å². The molecule has 6 heteroatoms. The number of thioether (sulfide) groups is 1. The first kappa shape index (κ1) is 17.0. The Hall–Kier alpha value is -1.82. The van der Waals surface area contributed by atoms with Gasteiger partial charge in [-0.1, -0.05) is 37.4 Å². The first-order valence-electron chi connectivity index (χ1n) is 8.42. The SMILES string of the molecule is COc1ccc(C(=O)[C@@H](C)Sc2n[nH]c(CC3CCCC3)n2)cc1. The highest BCUT2D eigenvalue weighted by molar-refractivity contribution is 8.00. The lowest BCUT2D eigenvalue weighted by atomic mass is 10.0. The minimum Gasteiger partial charge on any atom is -0.497 e. The molecule has 0 amide bonds. The summed E-state index contributed by atoms with van der Waals surface area (Å²) in [4.78, 5) is 17.0. The van der Waals surface area contributed by atoms with Crippen LogP contribution in [0.1, 0.15) is 48.8 Å². The third kappa shape index (κ3) is 4.17. The Bertz CT molecular complexity index is 678. The van der Waals surface area contributed by atoms with Crippen LogP contribution in [0.25, 0.3) is 0 Å². The first-order chi connectivity index (χ1) is 11.7. The molecule has 2 aromatic rings. The molecular formula is C18H23N3O2S. The summed E-state index contributed by atoms with van der Waals surface area (Å²) in [6, 6.07) is 7.19. The highest BCUT2D eigenvalue weighted by Crippen LogP contribution is 2.28. The standard InChI is InChI=1S/C18H23N3O2S/c1-12(17(22)14-7-9-15(23-2)10-8-14)24-18-19-16(20-21-18)11-13-5-3-4-6-13/h7-10,12-13H,3-6,11H2,1-2H3,(H,19,20,21)/t12-/m1/s1. The molecule has 0 radical (unpaired) electrons. The van der Waals surface area contributed by atoms with Crippen LogP contribution in [0.4, 0.5) is 0 Å². The first-order valence-corrected chi connectivity index (χ1v) is 9.30. The van der Waals surface area contributed by atoms with Crippen molar-refractivity contribution in [2.75, 3.05) is 7.11 Å². The topological polar surface area (TPSA) is 67.9 Å². The van der Waals surface area contributed by atoms with Crippen LogP contribution in [0.5, 0.6) is 5.75 Å². The zero-order valence-corrected chi connectivity index (χ0v) is 14.9. The van der Waals surface area contributed by atoms with Gasteiger partial charge in [0, 0.05) is 12.0 Å². The van der Waals surface area contributed by atoms with E-state index in [1.807, 2.05) is 6.92 Å². The number of ketones is 1. The highest BCUT2D eigenvalue weighted by Gasteiger charge is 2.20. The maximum atomic E-state index is 12.5. The van der Waals surface area contributed by atoms with Crippen molar-refractivity contribution in [2.45, 2.75) is 49.4 Å². The van der Waals surface area contributed by atoms with E-state index in [0.717, 1.165) is 23.9 Å². The maximum absolute atomic E-state index is 12.5.